The Morgan fingerprint density at radius 1 is 0.800 bits per heavy atom. The van der Waals surface area contributed by atoms with Crippen molar-refractivity contribution in [1.29, 1.82) is 0 Å². The minimum Gasteiger partial charge on any atom is -0.490 e. The third kappa shape index (κ3) is 3.62. The van der Waals surface area contributed by atoms with Gasteiger partial charge in [-0.2, -0.15) is 8.78 Å². The van der Waals surface area contributed by atoms with E-state index in [1.807, 2.05) is 0 Å². The fraction of sp³-hybridized carbons (Fsp3) is 0.625. The van der Waals surface area contributed by atoms with E-state index in [9.17, 15) is 8.78 Å². The minimum absolute atomic E-state index is 0.0160. The maximum absolute atomic E-state index is 13.8. The number of halogens is 2. The van der Waals surface area contributed by atoms with Gasteiger partial charge in [0.15, 0.2) is 11.5 Å². The summed E-state index contributed by atoms with van der Waals surface area (Å²) in [4.78, 5) is 0. The molecule has 2 nitrogen and oxygen atoms in total. The van der Waals surface area contributed by atoms with Gasteiger partial charge in [0.05, 0.1) is 13.2 Å². The molecule has 1 aromatic carbocycles. The molecule has 2 fully saturated rings. The number of benzene rings is 1. The van der Waals surface area contributed by atoms with Gasteiger partial charge >= 0.3 is 0 Å². The Hall–Kier alpha value is -1.32. The van der Waals surface area contributed by atoms with Crippen molar-refractivity contribution in [2.24, 2.45) is 11.8 Å². The highest BCUT2D eigenvalue weighted by molar-refractivity contribution is 5.35. The van der Waals surface area contributed by atoms with Gasteiger partial charge in [-0.3, -0.25) is 0 Å². The van der Waals surface area contributed by atoms with Crippen LogP contribution in [0.25, 0.3) is 0 Å². The van der Waals surface area contributed by atoms with E-state index in [2.05, 4.69) is 0 Å². The zero-order valence-electron chi connectivity index (χ0n) is 11.5. The molecule has 3 rings (SSSR count). The van der Waals surface area contributed by atoms with Gasteiger partial charge in [-0.25, -0.2) is 0 Å². The number of ether oxygens (including phenoxy) is 2. The highest BCUT2D eigenvalue weighted by atomic mass is 19.2. The third-order valence-corrected chi connectivity index (χ3v) is 3.97. The Labute approximate surface area is 118 Å². The molecule has 0 aromatic heterocycles. The van der Waals surface area contributed by atoms with Crippen LogP contribution in [-0.2, 0) is 0 Å². The Morgan fingerprint density at radius 2 is 1.20 bits per heavy atom. The van der Waals surface area contributed by atoms with Crippen molar-refractivity contribution in [2.75, 3.05) is 13.2 Å². The largest absolute Gasteiger partial charge is 0.490 e. The standard InChI is InChI=1S/C16H20F2O2/c17-15-13(19-9-7-11-1-2-11)5-6-14(16(15)18)20-10-8-12-3-4-12/h5-6,11-12H,1-4,7-10H2. The molecule has 20 heavy (non-hydrogen) atoms. The Kier molecular flexibility index (Phi) is 4.08. The maximum atomic E-state index is 13.8. The molecule has 2 aliphatic rings. The predicted octanol–water partition coefficient (Wildman–Crippen LogP) is 4.32. The van der Waals surface area contributed by atoms with E-state index >= 15 is 0 Å². The van der Waals surface area contributed by atoms with E-state index in [-0.39, 0.29) is 11.5 Å². The molecule has 0 unspecified atom stereocenters. The van der Waals surface area contributed by atoms with E-state index in [1.165, 1.54) is 37.8 Å². The molecule has 0 saturated heterocycles. The van der Waals surface area contributed by atoms with Gasteiger partial charge in [-0.15, -0.1) is 0 Å². The second kappa shape index (κ2) is 5.98. The summed E-state index contributed by atoms with van der Waals surface area (Å²) in [6.45, 7) is 0.895. The number of hydrogen-bond donors (Lipinski definition) is 0. The number of hydrogen-bond acceptors (Lipinski definition) is 2. The molecule has 1 aromatic rings. The summed E-state index contributed by atoms with van der Waals surface area (Å²) in [6.07, 6.45) is 6.76. The molecule has 0 aliphatic heterocycles. The molecule has 0 radical (unpaired) electrons. The Morgan fingerprint density at radius 3 is 1.55 bits per heavy atom. The van der Waals surface area contributed by atoms with Crippen LogP contribution in [0.4, 0.5) is 8.78 Å². The second-order valence-electron chi connectivity index (χ2n) is 5.85. The molecule has 0 N–H and O–H groups in total. The van der Waals surface area contributed by atoms with Crippen molar-refractivity contribution in [3.63, 3.8) is 0 Å². The van der Waals surface area contributed by atoms with Crippen molar-refractivity contribution in [1.82, 2.24) is 0 Å². The average Bonchev–Trinajstić information content (AvgIpc) is 3.31. The SMILES string of the molecule is Fc1c(OCCC2CC2)ccc(OCCC2CC2)c1F. The van der Waals surface area contributed by atoms with E-state index in [4.69, 9.17) is 9.47 Å². The van der Waals surface area contributed by atoms with Crippen LogP contribution in [0.15, 0.2) is 12.1 Å². The Balaban J connectivity index is 1.53. The van der Waals surface area contributed by atoms with Crippen molar-refractivity contribution in [3.8, 4) is 11.5 Å². The molecule has 0 bridgehead atoms. The van der Waals surface area contributed by atoms with E-state index in [0.29, 0.717) is 25.0 Å². The first-order chi connectivity index (χ1) is 9.74. The fourth-order valence-electron chi connectivity index (χ4n) is 2.22. The van der Waals surface area contributed by atoms with Gasteiger partial charge in [-0.05, 0) is 36.8 Å². The van der Waals surface area contributed by atoms with Crippen molar-refractivity contribution in [2.45, 2.75) is 38.5 Å². The average molecular weight is 282 g/mol. The third-order valence-electron chi connectivity index (χ3n) is 3.97. The molecule has 0 amide bonds. The highest BCUT2D eigenvalue weighted by Gasteiger charge is 2.23. The zero-order chi connectivity index (χ0) is 13.9. The van der Waals surface area contributed by atoms with Crippen molar-refractivity contribution >= 4 is 0 Å². The van der Waals surface area contributed by atoms with Gasteiger partial charge in [0.2, 0.25) is 11.6 Å². The van der Waals surface area contributed by atoms with Gasteiger partial charge in [0.1, 0.15) is 0 Å². The molecule has 0 atom stereocenters. The highest BCUT2D eigenvalue weighted by Crippen LogP contribution is 2.34. The van der Waals surface area contributed by atoms with Crippen LogP contribution in [0.2, 0.25) is 0 Å². The molecule has 0 spiro atoms. The van der Waals surface area contributed by atoms with Gasteiger partial charge in [0, 0.05) is 0 Å². The zero-order valence-corrected chi connectivity index (χ0v) is 11.5. The normalized spacial score (nSPS) is 18.1. The quantitative estimate of drug-likeness (QED) is 0.707. The summed E-state index contributed by atoms with van der Waals surface area (Å²) in [5.41, 5.74) is 0. The van der Waals surface area contributed by atoms with Crippen LogP contribution in [0.5, 0.6) is 11.5 Å². The van der Waals surface area contributed by atoms with E-state index < -0.39 is 11.6 Å². The second-order valence-corrected chi connectivity index (χ2v) is 5.85. The predicted molar refractivity (Wildman–Crippen MR) is 72.0 cm³/mol. The summed E-state index contributed by atoms with van der Waals surface area (Å²) in [6, 6.07) is 2.91. The summed E-state index contributed by atoms with van der Waals surface area (Å²) >= 11 is 0. The summed E-state index contributed by atoms with van der Waals surface area (Å²) in [7, 11) is 0. The minimum atomic E-state index is -0.940. The molecular formula is C16H20F2O2. The smallest absolute Gasteiger partial charge is 0.204 e. The summed E-state index contributed by atoms with van der Waals surface area (Å²) < 4.78 is 38.3. The van der Waals surface area contributed by atoms with Crippen molar-refractivity contribution in [3.05, 3.63) is 23.8 Å². The first-order valence-electron chi connectivity index (χ1n) is 7.47. The van der Waals surface area contributed by atoms with Crippen LogP contribution in [0, 0.1) is 23.5 Å². The van der Waals surface area contributed by atoms with Crippen LogP contribution in [-0.4, -0.2) is 13.2 Å². The lowest BCUT2D eigenvalue weighted by atomic mass is 10.2. The lowest BCUT2D eigenvalue weighted by Gasteiger charge is -2.11. The molecule has 2 aliphatic carbocycles. The molecule has 4 heteroatoms. The fourth-order valence-corrected chi connectivity index (χ4v) is 2.22. The van der Waals surface area contributed by atoms with Gasteiger partial charge in [0.25, 0.3) is 0 Å². The van der Waals surface area contributed by atoms with Crippen molar-refractivity contribution < 1.29 is 18.3 Å². The Bertz CT molecular complexity index is 425. The van der Waals surface area contributed by atoms with Gasteiger partial charge < -0.3 is 9.47 Å². The molecule has 2 saturated carbocycles. The lowest BCUT2D eigenvalue weighted by molar-refractivity contribution is 0.264. The molecular weight excluding hydrogens is 262 g/mol. The number of rotatable bonds is 8. The maximum Gasteiger partial charge on any atom is 0.204 e. The van der Waals surface area contributed by atoms with E-state index in [0.717, 1.165) is 12.8 Å². The first-order valence-corrected chi connectivity index (χ1v) is 7.47. The van der Waals surface area contributed by atoms with Crippen LogP contribution in [0.1, 0.15) is 38.5 Å². The molecule has 0 heterocycles. The van der Waals surface area contributed by atoms with Crippen LogP contribution < -0.4 is 9.47 Å². The van der Waals surface area contributed by atoms with E-state index in [1.54, 1.807) is 0 Å². The first kappa shape index (κ1) is 13.7. The summed E-state index contributed by atoms with van der Waals surface area (Å²) in [5, 5.41) is 0. The molecule has 110 valence electrons. The monoisotopic (exact) mass is 282 g/mol. The topological polar surface area (TPSA) is 18.5 Å². The summed E-state index contributed by atoms with van der Waals surface area (Å²) in [5.74, 6) is -0.481. The van der Waals surface area contributed by atoms with Crippen LogP contribution in [0.3, 0.4) is 0 Å². The van der Waals surface area contributed by atoms with Gasteiger partial charge in [-0.1, -0.05) is 25.7 Å². The van der Waals surface area contributed by atoms with Crippen LogP contribution >= 0.6 is 0 Å². The lowest BCUT2D eigenvalue weighted by Crippen LogP contribution is -2.04.